The van der Waals surface area contributed by atoms with E-state index in [9.17, 15) is 35.4 Å². The highest BCUT2D eigenvalue weighted by molar-refractivity contribution is 5.73. The molecule has 0 bridgehead atoms. The number of carbonyl (C=O) groups excluding carboxylic acids is 1. The van der Waals surface area contributed by atoms with Crippen LogP contribution in [0.15, 0.2) is 0 Å². The molecule has 1 amide bonds. The van der Waals surface area contributed by atoms with E-state index in [0.717, 1.165) is 0 Å². The van der Waals surface area contributed by atoms with Gasteiger partial charge in [-0.25, -0.2) is 0 Å². The lowest BCUT2D eigenvalue weighted by molar-refractivity contribution is -0.250. The molecule has 2 aliphatic rings. The first-order valence-electron chi connectivity index (χ1n) is 11.1. The number of piperidine rings is 1. The van der Waals surface area contributed by atoms with Crippen molar-refractivity contribution in [1.29, 1.82) is 0 Å². The summed E-state index contributed by atoms with van der Waals surface area (Å²) in [7, 11) is 0. The monoisotopic (exact) mass is 465 g/mol. The number of aliphatic hydroxyl groups excluding tert-OH is 6. The van der Waals surface area contributed by atoms with Crippen molar-refractivity contribution in [2.24, 2.45) is 0 Å². The van der Waals surface area contributed by atoms with Crippen LogP contribution < -0.4 is 10.6 Å². The molecule has 0 saturated carbocycles. The molecule has 0 aliphatic carbocycles. The van der Waals surface area contributed by atoms with Gasteiger partial charge in [-0.05, 0) is 13.3 Å². The topological polar surface area (TPSA) is 184 Å². The molecule has 0 aromatic heterocycles. The number of rotatable bonds is 10. The highest BCUT2D eigenvalue weighted by atomic mass is 16.7. The Labute approximate surface area is 188 Å². The van der Waals surface area contributed by atoms with E-state index in [1.165, 1.54) is 6.92 Å². The second-order valence-electron chi connectivity index (χ2n) is 8.49. The average molecular weight is 466 g/mol. The molecule has 2 rings (SSSR count). The first-order chi connectivity index (χ1) is 15.2. The molecule has 2 saturated heterocycles. The summed E-state index contributed by atoms with van der Waals surface area (Å²) in [4.78, 5) is 13.5. The van der Waals surface area contributed by atoms with Crippen molar-refractivity contribution in [3.8, 4) is 0 Å². The molecule has 2 fully saturated rings. The lowest BCUT2D eigenvalue weighted by Gasteiger charge is -2.48. The SMILES string of the molecule is CCCO[C@@H]1O[C@H](CO)[C@@H](O)[C@H](NCCN2[C@H](CO)[C@@H](O)[C@H](O)[C@H](O)[C@@H]2C)[C@H]1NC(C)=O. The van der Waals surface area contributed by atoms with E-state index in [1.54, 1.807) is 11.8 Å². The Hall–Kier alpha value is -0.930. The second kappa shape index (κ2) is 12.5. The van der Waals surface area contributed by atoms with Crippen molar-refractivity contribution in [2.75, 3.05) is 32.9 Å². The van der Waals surface area contributed by atoms with Crippen molar-refractivity contribution >= 4 is 5.91 Å². The van der Waals surface area contributed by atoms with Crippen molar-refractivity contribution < 1.29 is 44.9 Å². The van der Waals surface area contributed by atoms with Gasteiger partial charge in [0.05, 0.1) is 43.5 Å². The molecule has 2 heterocycles. The third-order valence-corrected chi connectivity index (χ3v) is 6.25. The first-order valence-corrected chi connectivity index (χ1v) is 11.1. The molecule has 12 heteroatoms. The van der Waals surface area contributed by atoms with E-state index in [1.807, 2.05) is 6.92 Å². The van der Waals surface area contributed by atoms with E-state index in [0.29, 0.717) is 13.0 Å². The van der Waals surface area contributed by atoms with Crippen LogP contribution in [-0.2, 0) is 14.3 Å². The lowest BCUT2D eigenvalue weighted by Crippen LogP contribution is -2.70. The van der Waals surface area contributed by atoms with Gasteiger partial charge in [0, 0.05) is 32.7 Å². The van der Waals surface area contributed by atoms with Crippen LogP contribution in [0.25, 0.3) is 0 Å². The zero-order chi connectivity index (χ0) is 24.0. The molecule has 0 unspecified atom stereocenters. The highest BCUT2D eigenvalue weighted by Gasteiger charge is 2.47. The number of nitrogens with one attached hydrogen (secondary N) is 2. The number of ether oxygens (including phenoxy) is 2. The molecule has 8 N–H and O–H groups in total. The maximum atomic E-state index is 11.8. The van der Waals surface area contributed by atoms with E-state index in [2.05, 4.69) is 10.6 Å². The van der Waals surface area contributed by atoms with Gasteiger partial charge in [-0.1, -0.05) is 6.92 Å². The van der Waals surface area contributed by atoms with E-state index in [4.69, 9.17) is 9.47 Å². The zero-order valence-electron chi connectivity index (χ0n) is 18.9. The predicted octanol–water partition coefficient (Wildman–Crippen LogP) is -3.90. The number of aliphatic hydroxyl groups is 6. The summed E-state index contributed by atoms with van der Waals surface area (Å²) in [5.41, 5.74) is 0. The maximum absolute atomic E-state index is 11.8. The molecule has 32 heavy (non-hydrogen) atoms. The lowest BCUT2D eigenvalue weighted by atomic mass is 9.89. The van der Waals surface area contributed by atoms with Gasteiger partial charge in [0.15, 0.2) is 6.29 Å². The third kappa shape index (κ3) is 6.14. The summed E-state index contributed by atoms with van der Waals surface area (Å²) in [6.07, 6.45) is -6.12. The summed E-state index contributed by atoms with van der Waals surface area (Å²) >= 11 is 0. The smallest absolute Gasteiger partial charge is 0.217 e. The highest BCUT2D eigenvalue weighted by Crippen LogP contribution is 2.25. The van der Waals surface area contributed by atoms with Gasteiger partial charge in [0.1, 0.15) is 18.3 Å². The fraction of sp³-hybridized carbons (Fsp3) is 0.950. The Bertz CT molecular complexity index is 587. The fourth-order valence-electron chi connectivity index (χ4n) is 4.47. The fourth-order valence-corrected chi connectivity index (χ4v) is 4.47. The van der Waals surface area contributed by atoms with Crippen LogP contribution in [0.4, 0.5) is 0 Å². The predicted molar refractivity (Wildman–Crippen MR) is 112 cm³/mol. The van der Waals surface area contributed by atoms with Gasteiger partial charge in [-0.2, -0.15) is 0 Å². The van der Waals surface area contributed by atoms with Crippen LogP contribution in [0.2, 0.25) is 0 Å². The number of nitrogens with zero attached hydrogens (tertiary/aromatic N) is 1. The van der Waals surface area contributed by atoms with Crippen LogP contribution in [-0.4, -0.2) is 135 Å². The van der Waals surface area contributed by atoms with Gasteiger partial charge >= 0.3 is 0 Å². The number of likely N-dealkylation sites (tertiary alicyclic amines) is 1. The largest absolute Gasteiger partial charge is 0.395 e. The minimum atomic E-state index is -1.37. The minimum Gasteiger partial charge on any atom is -0.395 e. The van der Waals surface area contributed by atoms with Crippen LogP contribution >= 0.6 is 0 Å². The minimum absolute atomic E-state index is 0.243. The number of amides is 1. The van der Waals surface area contributed by atoms with Crippen LogP contribution in [0.5, 0.6) is 0 Å². The summed E-state index contributed by atoms with van der Waals surface area (Å²) in [5.74, 6) is -0.338. The summed E-state index contributed by atoms with van der Waals surface area (Å²) < 4.78 is 11.4. The van der Waals surface area contributed by atoms with Crippen LogP contribution in [0.3, 0.4) is 0 Å². The van der Waals surface area contributed by atoms with Gasteiger partial charge in [0.25, 0.3) is 0 Å². The van der Waals surface area contributed by atoms with Crippen LogP contribution in [0.1, 0.15) is 27.2 Å². The standard InChI is InChI=1S/C20H39N3O9/c1-4-7-31-20-15(22-11(3)26)14(18(29)13(9-25)32-20)21-5-6-23-10(2)16(27)19(30)17(28)12(23)8-24/h10,12-21,24-25,27-30H,4-9H2,1-3H3,(H,22,26)/t10-,12+,13+,14+,15+,16+,17+,18+,19+,20+/m0/s1. The van der Waals surface area contributed by atoms with E-state index >= 15 is 0 Å². The molecular weight excluding hydrogens is 426 g/mol. The molecular formula is C20H39N3O9. The summed E-state index contributed by atoms with van der Waals surface area (Å²) in [6.45, 7) is 4.95. The van der Waals surface area contributed by atoms with Gasteiger partial charge < -0.3 is 50.7 Å². The van der Waals surface area contributed by atoms with Crippen molar-refractivity contribution in [3.63, 3.8) is 0 Å². The first kappa shape index (κ1) is 27.3. The van der Waals surface area contributed by atoms with Gasteiger partial charge in [0.2, 0.25) is 5.91 Å². The van der Waals surface area contributed by atoms with Crippen molar-refractivity contribution in [2.45, 2.75) is 88.2 Å². The van der Waals surface area contributed by atoms with Gasteiger partial charge in [-0.15, -0.1) is 0 Å². The molecule has 0 radical (unpaired) electrons. The Balaban J connectivity index is 2.13. The van der Waals surface area contributed by atoms with Crippen molar-refractivity contribution in [3.05, 3.63) is 0 Å². The molecule has 10 atom stereocenters. The molecule has 0 spiro atoms. The molecule has 0 aromatic rings. The molecule has 188 valence electrons. The molecule has 12 nitrogen and oxygen atoms in total. The van der Waals surface area contributed by atoms with E-state index in [-0.39, 0.29) is 19.0 Å². The summed E-state index contributed by atoms with van der Waals surface area (Å²) in [6, 6.07) is -2.77. The Morgan fingerprint density at radius 3 is 2.28 bits per heavy atom. The normalized spacial score (nSPS) is 40.9. The van der Waals surface area contributed by atoms with Crippen molar-refractivity contribution in [1.82, 2.24) is 15.5 Å². The maximum Gasteiger partial charge on any atom is 0.217 e. The van der Waals surface area contributed by atoms with Crippen LogP contribution in [0, 0.1) is 0 Å². The Morgan fingerprint density at radius 2 is 1.72 bits per heavy atom. The molecule has 0 aromatic carbocycles. The summed E-state index contributed by atoms with van der Waals surface area (Å²) in [5, 5.41) is 66.4. The zero-order valence-corrected chi connectivity index (χ0v) is 18.9. The number of carbonyl (C=O) groups is 1. The average Bonchev–Trinajstić information content (AvgIpc) is 2.76. The third-order valence-electron chi connectivity index (χ3n) is 6.25. The number of hydrogen-bond donors (Lipinski definition) is 8. The Morgan fingerprint density at radius 1 is 1.03 bits per heavy atom. The quantitative estimate of drug-likeness (QED) is 0.158. The molecule has 2 aliphatic heterocycles. The van der Waals surface area contributed by atoms with Gasteiger partial charge in [-0.3, -0.25) is 9.69 Å². The second-order valence-corrected chi connectivity index (χ2v) is 8.49. The van der Waals surface area contributed by atoms with E-state index < -0.39 is 74.2 Å². The number of hydrogen-bond acceptors (Lipinski definition) is 11. The Kier molecular flexibility index (Phi) is 10.7.